The van der Waals surface area contributed by atoms with Crippen molar-refractivity contribution in [3.8, 4) is 5.69 Å². The molecule has 1 aromatic heterocycles. The van der Waals surface area contributed by atoms with E-state index in [9.17, 15) is 13.2 Å². The van der Waals surface area contributed by atoms with Gasteiger partial charge in [0.2, 0.25) is 0 Å². The zero-order chi connectivity index (χ0) is 14.9. The molecule has 0 atom stereocenters. The number of rotatable bonds is 3. The highest BCUT2D eigenvalue weighted by atomic mass is 35.5. The van der Waals surface area contributed by atoms with Gasteiger partial charge in [-0.1, -0.05) is 30.2 Å². The molecule has 108 valence electrons. The maximum Gasteiger partial charge on any atom is 0.417 e. The van der Waals surface area contributed by atoms with Gasteiger partial charge in [0, 0.05) is 0 Å². The summed E-state index contributed by atoms with van der Waals surface area (Å²) in [4.78, 5) is 0. The third-order valence-corrected chi connectivity index (χ3v) is 3.11. The maximum absolute atomic E-state index is 12.8. The second-order valence-electron chi connectivity index (χ2n) is 4.25. The van der Waals surface area contributed by atoms with Crippen molar-refractivity contribution in [3.63, 3.8) is 0 Å². The van der Waals surface area contributed by atoms with E-state index in [2.05, 4.69) is 10.3 Å². The number of aromatic nitrogens is 3. The maximum atomic E-state index is 12.8. The van der Waals surface area contributed by atoms with Gasteiger partial charge < -0.3 is 5.73 Å². The molecule has 0 spiro atoms. The first kappa shape index (κ1) is 14.6. The van der Waals surface area contributed by atoms with Crippen molar-refractivity contribution in [2.24, 2.45) is 0 Å². The second kappa shape index (κ2) is 5.32. The van der Waals surface area contributed by atoms with E-state index in [-0.39, 0.29) is 16.5 Å². The monoisotopic (exact) mass is 304 g/mol. The lowest BCUT2D eigenvalue weighted by Crippen LogP contribution is -2.09. The molecular weight excluding hydrogens is 293 g/mol. The average Bonchev–Trinajstić information content (AvgIpc) is 2.71. The van der Waals surface area contributed by atoms with Crippen LogP contribution in [-0.4, -0.2) is 15.0 Å². The Labute approximate surface area is 118 Å². The summed E-state index contributed by atoms with van der Waals surface area (Å²) in [6, 6.07) is 3.58. The summed E-state index contributed by atoms with van der Waals surface area (Å²) >= 11 is 5.58. The van der Waals surface area contributed by atoms with Crippen molar-refractivity contribution < 1.29 is 13.2 Å². The molecule has 0 amide bonds. The minimum Gasteiger partial charge on any atom is -0.381 e. The Morgan fingerprint density at radius 2 is 2.05 bits per heavy atom. The molecule has 2 rings (SSSR count). The topological polar surface area (TPSA) is 56.7 Å². The Kier molecular flexibility index (Phi) is 3.89. The van der Waals surface area contributed by atoms with Gasteiger partial charge in [0.1, 0.15) is 0 Å². The van der Waals surface area contributed by atoms with Crippen molar-refractivity contribution in [1.29, 1.82) is 0 Å². The van der Waals surface area contributed by atoms with Crippen LogP contribution < -0.4 is 5.73 Å². The molecule has 1 heterocycles. The molecule has 1 aromatic carbocycles. The third-order valence-electron chi connectivity index (χ3n) is 2.78. The summed E-state index contributed by atoms with van der Waals surface area (Å²) in [7, 11) is 0. The predicted molar refractivity (Wildman–Crippen MR) is 69.8 cm³/mol. The minimum atomic E-state index is -4.52. The Morgan fingerprint density at radius 3 is 2.65 bits per heavy atom. The largest absolute Gasteiger partial charge is 0.417 e. The van der Waals surface area contributed by atoms with Gasteiger partial charge in [0.15, 0.2) is 5.82 Å². The molecule has 0 aliphatic heterocycles. The fourth-order valence-corrected chi connectivity index (χ4v) is 2.08. The summed E-state index contributed by atoms with van der Waals surface area (Å²) < 4.78 is 39.8. The van der Waals surface area contributed by atoms with Gasteiger partial charge in [-0.15, -0.1) is 5.10 Å². The lowest BCUT2D eigenvalue weighted by atomic mass is 10.2. The summed E-state index contributed by atoms with van der Waals surface area (Å²) in [5.74, 6) is 0.218. The fraction of sp³-hybridized carbons (Fsp3) is 0.333. The molecule has 0 saturated carbocycles. The first-order valence-corrected chi connectivity index (χ1v) is 6.29. The smallest absolute Gasteiger partial charge is 0.381 e. The molecule has 2 N–H and O–H groups in total. The van der Waals surface area contributed by atoms with Gasteiger partial charge in [0.05, 0.1) is 22.0 Å². The number of halogens is 4. The zero-order valence-electron chi connectivity index (χ0n) is 10.6. The second-order valence-corrected chi connectivity index (χ2v) is 4.65. The lowest BCUT2D eigenvalue weighted by Gasteiger charge is -2.12. The van der Waals surface area contributed by atoms with E-state index in [1.807, 2.05) is 6.92 Å². The summed E-state index contributed by atoms with van der Waals surface area (Å²) in [5.41, 5.74) is 5.58. The highest BCUT2D eigenvalue weighted by Crippen LogP contribution is 2.36. The van der Waals surface area contributed by atoms with Crippen LogP contribution in [0.2, 0.25) is 5.02 Å². The number of nitrogen functional groups attached to an aromatic ring is 1. The molecule has 0 saturated heterocycles. The highest BCUT2D eigenvalue weighted by Gasteiger charge is 2.33. The molecule has 4 nitrogen and oxygen atoms in total. The van der Waals surface area contributed by atoms with Crippen molar-refractivity contribution in [2.45, 2.75) is 25.9 Å². The standard InChI is InChI=1S/C12H12ClF3N4/c1-2-3-10-11(17)18-19-20(10)7-4-5-9(13)8(6-7)12(14,15)16/h4-6H,2-3,17H2,1H3. The average molecular weight is 305 g/mol. The number of alkyl halides is 3. The number of nitrogens with zero attached hydrogens (tertiary/aromatic N) is 3. The van der Waals surface area contributed by atoms with E-state index in [0.29, 0.717) is 12.1 Å². The van der Waals surface area contributed by atoms with Gasteiger partial charge in [-0.3, -0.25) is 0 Å². The van der Waals surface area contributed by atoms with Gasteiger partial charge in [-0.25, -0.2) is 4.68 Å². The lowest BCUT2D eigenvalue weighted by molar-refractivity contribution is -0.137. The van der Waals surface area contributed by atoms with Gasteiger partial charge >= 0.3 is 6.18 Å². The Bertz CT molecular complexity index is 622. The highest BCUT2D eigenvalue weighted by molar-refractivity contribution is 6.31. The van der Waals surface area contributed by atoms with Crippen LogP contribution in [0.1, 0.15) is 24.6 Å². The number of hydrogen-bond donors (Lipinski definition) is 1. The molecule has 0 unspecified atom stereocenters. The van der Waals surface area contributed by atoms with E-state index >= 15 is 0 Å². The summed E-state index contributed by atoms with van der Waals surface area (Å²) in [6.45, 7) is 1.93. The molecular formula is C12H12ClF3N4. The predicted octanol–water partition coefficient (Wildman–Crippen LogP) is 3.47. The number of benzene rings is 1. The van der Waals surface area contributed by atoms with Crippen LogP contribution in [0, 0.1) is 0 Å². The van der Waals surface area contributed by atoms with E-state index in [4.69, 9.17) is 17.3 Å². The minimum absolute atomic E-state index is 0.218. The molecule has 0 bridgehead atoms. The van der Waals surface area contributed by atoms with Gasteiger partial charge in [-0.2, -0.15) is 13.2 Å². The van der Waals surface area contributed by atoms with Crippen LogP contribution in [0.3, 0.4) is 0 Å². The van der Waals surface area contributed by atoms with Crippen LogP contribution >= 0.6 is 11.6 Å². The Balaban J connectivity index is 2.54. The molecule has 0 fully saturated rings. The van der Waals surface area contributed by atoms with E-state index < -0.39 is 11.7 Å². The van der Waals surface area contributed by atoms with Gasteiger partial charge in [0.25, 0.3) is 0 Å². The molecule has 20 heavy (non-hydrogen) atoms. The van der Waals surface area contributed by atoms with Crippen molar-refractivity contribution in [3.05, 3.63) is 34.5 Å². The van der Waals surface area contributed by atoms with Gasteiger partial charge in [-0.05, 0) is 24.6 Å². The number of hydrogen-bond acceptors (Lipinski definition) is 3. The first-order chi connectivity index (χ1) is 9.34. The van der Waals surface area contributed by atoms with Crippen molar-refractivity contribution in [1.82, 2.24) is 15.0 Å². The molecule has 8 heteroatoms. The first-order valence-electron chi connectivity index (χ1n) is 5.91. The quantitative estimate of drug-likeness (QED) is 0.944. The third kappa shape index (κ3) is 2.72. The Hall–Kier alpha value is -1.76. The number of anilines is 1. The van der Waals surface area contributed by atoms with Crippen molar-refractivity contribution in [2.75, 3.05) is 5.73 Å². The van der Waals surface area contributed by atoms with Crippen LogP contribution in [0.25, 0.3) is 5.69 Å². The van der Waals surface area contributed by atoms with Crippen LogP contribution in [0.15, 0.2) is 18.2 Å². The van der Waals surface area contributed by atoms with Crippen LogP contribution in [0.5, 0.6) is 0 Å². The van der Waals surface area contributed by atoms with E-state index in [1.54, 1.807) is 0 Å². The SMILES string of the molecule is CCCc1c(N)nnn1-c1ccc(Cl)c(C(F)(F)F)c1. The normalized spacial score (nSPS) is 11.8. The molecule has 2 aromatic rings. The van der Waals surface area contributed by atoms with E-state index in [1.165, 1.54) is 16.8 Å². The fourth-order valence-electron chi connectivity index (χ4n) is 1.85. The summed E-state index contributed by atoms with van der Waals surface area (Å²) in [6.07, 6.45) is -3.18. The van der Waals surface area contributed by atoms with E-state index in [0.717, 1.165) is 12.5 Å². The van der Waals surface area contributed by atoms with Crippen molar-refractivity contribution >= 4 is 17.4 Å². The van der Waals surface area contributed by atoms with Crippen LogP contribution in [0.4, 0.5) is 19.0 Å². The molecule has 0 radical (unpaired) electrons. The molecule has 0 aliphatic carbocycles. The zero-order valence-corrected chi connectivity index (χ0v) is 11.3. The summed E-state index contributed by atoms with van der Waals surface area (Å²) in [5, 5.41) is 7.14. The molecule has 0 aliphatic rings. The Morgan fingerprint density at radius 1 is 1.35 bits per heavy atom. The number of nitrogens with two attached hydrogens (primary N) is 1. The van der Waals surface area contributed by atoms with Crippen LogP contribution in [-0.2, 0) is 12.6 Å².